The van der Waals surface area contributed by atoms with E-state index in [4.69, 9.17) is 10.5 Å². The molecule has 0 saturated heterocycles. The molecule has 0 saturated carbocycles. The first-order chi connectivity index (χ1) is 8.65. The zero-order valence-corrected chi connectivity index (χ0v) is 11.4. The smallest absolute Gasteiger partial charge is 0.259 e. The van der Waals surface area contributed by atoms with Gasteiger partial charge in [0.15, 0.2) is 0 Å². The Balaban J connectivity index is 3.00. The molecule has 0 heterocycles. The number of hydrogen-bond acceptors (Lipinski definition) is 3. The summed E-state index contributed by atoms with van der Waals surface area (Å²) in [5, 5.41) is 0. The van der Waals surface area contributed by atoms with Crippen LogP contribution in [0.3, 0.4) is 0 Å². The van der Waals surface area contributed by atoms with Crippen LogP contribution in [-0.2, 0) is 0 Å². The number of hydrogen-bond donors (Lipinski definition) is 1. The molecule has 0 atom stereocenters. The average Bonchev–Trinajstić information content (AvgIpc) is 2.38. The van der Waals surface area contributed by atoms with E-state index >= 15 is 0 Å². The number of nitrogens with two attached hydrogens (primary N) is 1. The molecular formula is C14H22N2O2. The molecule has 1 aromatic carbocycles. The van der Waals surface area contributed by atoms with E-state index in [9.17, 15) is 4.79 Å². The van der Waals surface area contributed by atoms with Crippen molar-refractivity contribution in [1.29, 1.82) is 0 Å². The Morgan fingerprint density at radius 3 is 2.67 bits per heavy atom. The highest BCUT2D eigenvalue weighted by molar-refractivity contribution is 6.01. The van der Waals surface area contributed by atoms with Crippen LogP contribution in [0.4, 0.5) is 5.69 Å². The van der Waals surface area contributed by atoms with Crippen LogP contribution >= 0.6 is 0 Å². The van der Waals surface area contributed by atoms with Crippen LogP contribution < -0.4 is 10.5 Å². The van der Waals surface area contributed by atoms with Gasteiger partial charge in [-0.25, -0.2) is 0 Å². The lowest BCUT2D eigenvalue weighted by Crippen LogP contribution is -2.32. The van der Waals surface area contributed by atoms with Crippen molar-refractivity contribution in [2.45, 2.75) is 26.7 Å². The Morgan fingerprint density at radius 2 is 2.11 bits per heavy atom. The lowest BCUT2D eigenvalue weighted by molar-refractivity contribution is 0.0760. The van der Waals surface area contributed by atoms with Crippen LogP contribution in [-0.4, -0.2) is 31.0 Å². The number of nitrogen functional groups attached to an aromatic ring is 1. The van der Waals surface area contributed by atoms with E-state index in [0.29, 0.717) is 23.5 Å². The molecule has 100 valence electrons. The van der Waals surface area contributed by atoms with Gasteiger partial charge in [0.25, 0.3) is 5.91 Å². The number of ether oxygens (including phenoxy) is 1. The maximum Gasteiger partial charge on any atom is 0.259 e. The van der Waals surface area contributed by atoms with E-state index in [1.54, 1.807) is 30.2 Å². The molecule has 1 rings (SSSR count). The zero-order chi connectivity index (χ0) is 13.5. The van der Waals surface area contributed by atoms with E-state index in [2.05, 4.69) is 6.92 Å². The lowest BCUT2D eigenvalue weighted by atomic mass is 10.1. The number of anilines is 1. The third-order valence-corrected chi connectivity index (χ3v) is 2.94. The maximum absolute atomic E-state index is 12.4. The summed E-state index contributed by atoms with van der Waals surface area (Å²) in [6.07, 6.45) is 2.06. The van der Waals surface area contributed by atoms with E-state index < -0.39 is 0 Å². The number of rotatable bonds is 6. The Labute approximate surface area is 109 Å². The van der Waals surface area contributed by atoms with Crippen LogP contribution in [0.25, 0.3) is 0 Å². The number of nitrogens with zero attached hydrogens (tertiary/aromatic N) is 1. The molecule has 0 bridgehead atoms. The molecule has 4 nitrogen and oxygen atoms in total. The van der Waals surface area contributed by atoms with Crippen LogP contribution in [0.1, 0.15) is 37.0 Å². The number of carbonyl (C=O) groups excluding carboxylic acids is 1. The van der Waals surface area contributed by atoms with Crippen molar-refractivity contribution in [2.24, 2.45) is 0 Å². The second-order valence-electron chi connectivity index (χ2n) is 4.16. The van der Waals surface area contributed by atoms with Crippen molar-refractivity contribution in [2.75, 3.05) is 25.9 Å². The summed E-state index contributed by atoms with van der Waals surface area (Å²) in [4.78, 5) is 14.3. The van der Waals surface area contributed by atoms with Gasteiger partial charge in [-0.05, 0) is 25.5 Å². The summed E-state index contributed by atoms with van der Waals surface area (Å²) in [5.74, 6) is 0.482. The lowest BCUT2D eigenvalue weighted by Gasteiger charge is -2.22. The quantitative estimate of drug-likeness (QED) is 0.789. The predicted molar refractivity (Wildman–Crippen MR) is 73.9 cm³/mol. The van der Waals surface area contributed by atoms with Crippen LogP contribution in [0, 0.1) is 0 Å². The first kappa shape index (κ1) is 14.4. The fourth-order valence-electron chi connectivity index (χ4n) is 1.86. The molecule has 0 aliphatic rings. The first-order valence-electron chi connectivity index (χ1n) is 6.37. The van der Waals surface area contributed by atoms with Gasteiger partial charge in [-0.3, -0.25) is 4.79 Å². The highest BCUT2D eigenvalue weighted by Gasteiger charge is 2.20. The summed E-state index contributed by atoms with van der Waals surface area (Å²) in [5.41, 5.74) is 6.83. The Hall–Kier alpha value is -1.71. The molecule has 4 heteroatoms. The fourth-order valence-corrected chi connectivity index (χ4v) is 1.86. The van der Waals surface area contributed by atoms with Gasteiger partial charge in [0.2, 0.25) is 0 Å². The van der Waals surface area contributed by atoms with Gasteiger partial charge in [0.05, 0.1) is 7.11 Å². The molecule has 1 aromatic rings. The van der Waals surface area contributed by atoms with Crippen molar-refractivity contribution < 1.29 is 9.53 Å². The molecule has 0 spiro atoms. The van der Waals surface area contributed by atoms with Gasteiger partial charge in [-0.1, -0.05) is 19.4 Å². The van der Waals surface area contributed by atoms with Crippen LogP contribution in [0.15, 0.2) is 18.2 Å². The van der Waals surface area contributed by atoms with Gasteiger partial charge in [0, 0.05) is 18.8 Å². The second-order valence-corrected chi connectivity index (χ2v) is 4.16. The summed E-state index contributed by atoms with van der Waals surface area (Å²) in [7, 11) is 1.55. The normalized spacial score (nSPS) is 10.2. The van der Waals surface area contributed by atoms with Gasteiger partial charge in [0.1, 0.15) is 11.3 Å². The monoisotopic (exact) mass is 250 g/mol. The molecule has 0 aromatic heterocycles. The molecule has 1 amide bonds. The fraction of sp³-hybridized carbons (Fsp3) is 0.500. The molecule has 2 N–H and O–H groups in total. The second kappa shape index (κ2) is 6.89. The summed E-state index contributed by atoms with van der Waals surface area (Å²) in [6.45, 7) is 5.51. The van der Waals surface area contributed by atoms with Crippen molar-refractivity contribution in [3.63, 3.8) is 0 Å². The topological polar surface area (TPSA) is 55.6 Å². The van der Waals surface area contributed by atoms with Gasteiger partial charge < -0.3 is 15.4 Å². The third kappa shape index (κ3) is 3.15. The third-order valence-electron chi connectivity index (χ3n) is 2.94. The molecule has 0 aliphatic carbocycles. The molecule has 0 unspecified atom stereocenters. The van der Waals surface area contributed by atoms with E-state index in [0.717, 1.165) is 19.4 Å². The van der Waals surface area contributed by atoms with Gasteiger partial charge in [-0.15, -0.1) is 0 Å². The number of amides is 1. The first-order valence-corrected chi connectivity index (χ1v) is 6.37. The van der Waals surface area contributed by atoms with Gasteiger partial charge >= 0.3 is 0 Å². The average molecular weight is 250 g/mol. The minimum absolute atomic E-state index is 0.0547. The Kier molecular flexibility index (Phi) is 5.49. The van der Waals surface area contributed by atoms with E-state index in [1.165, 1.54) is 0 Å². The summed E-state index contributed by atoms with van der Waals surface area (Å²) < 4.78 is 5.22. The highest BCUT2D eigenvalue weighted by atomic mass is 16.5. The van der Waals surface area contributed by atoms with Crippen molar-refractivity contribution in [1.82, 2.24) is 4.90 Å². The summed E-state index contributed by atoms with van der Waals surface area (Å²) in [6, 6.07) is 5.27. The number of benzene rings is 1. The minimum atomic E-state index is -0.0547. The van der Waals surface area contributed by atoms with Crippen molar-refractivity contribution in [3.8, 4) is 5.75 Å². The van der Waals surface area contributed by atoms with Crippen LogP contribution in [0.5, 0.6) is 5.75 Å². The van der Waals surface area contributed by atoms with Crippen molar-refractivity contribution in [3.05, 3.63) is 23.8 Å². The van der Waals surface area contributed by atoms with Crippen molar-refractivity contribution >= 4 is 11.6 Å². The number of carbonyl (C=O) groups is 1. The highest BCUT2D eigenvalue weighted by Crippen LogP contribution is 2.25. The SMILES string of the molecule is CCCCN(CC)C(=O)c1c(N)cccc1OC. The van der Waals surface area contributed by atoms with Gasteiger partial charge in [-0.2, -0.15) is 0 Å². The maximum atomic E-state index is 12.4. The van der Waals surface area contributed by atoms with E-state index in [-0.39, 0.29) is 5.91 Å². The molecule has 0 aliphatic heterocycles. The molecule has 0 fully saturated rings. The van der Waals surface area contributed by atoms with Crippen LogP contribution in [0.2, 0.25) is 0 Å². The zero-order valence-electron chi connectivity index (χ0n) is 11.4. The largest absolute Gasteiger partial charge is 0.496 e. The number of methoxy groups -OCH3 is 1. The van der Waals surface area contributed by atoms with E-state index in [1.807, 2.05) is 6.92 Å². The number of unbranched alkanes of at least 4 members (excludes halogenated alkanes) is 1. The molecular weight excluding hydrogens is 228 g/mol. The minimum Gasteiger partial charge on any atom is -0.496 e. The Morgan fingerprint density at radius 1 is 1.39 bits per heavy atom. The standard InChI is InChI=1S/C14H22N2O2/c1-4-6-10-16(5-2)14(17)13-11(15)8-7-9-12(13)18-3/h7-9H,4-6,10,15H2,1-3H3. The molecule has 18 heavy (non-hydrogen) atoms. The molecule has 0 radical (unpaired) electrons. The summed E-state index contributed by atoms with van der Waals surface area (Å²) >= 11 is 0. The predicted octanol–water partition coefficient (Wildman–Crippen LogP) is 2.54. The Bertz CT molecular complexity index is 405.